The summed E-state index contributed by atoms with van der Waals surface area (Å²) in [5, 5.41) is 3.04. The van der Waals surface area contributed by atoms with Gasteiger partial charge in [-0.1, -0.05) is 30.3 Å². The van der Waals surface area contributed by atoms with Gasteiger partial charge in [0.15, 0.2) is 0 Å². The molecule has 0 radical (unpaired) electrons. The van der Waals surface area contributed by atoms with Gasteiger partial charge in [0, 0.05) is 37.3 Å². The van der Waals surface area contributed by atoms with E-state index in [2.05, 4.69) is 27.1 Å². The van der Waals surface area contributed by atoms with Gasteiger partial charge in [-0.25, -0.2) is 13.1 Å². The van der Waals surface area contributed by atoms with Crippen LogP contribution in [-0.2, 0) is 16.6 Å². The van der Waals surface area contributed by atoms with Gasteiger partial charge in [-0.05, 0) is 43.0 Å². The van der Waals surface area contributed by atoms with Crippen LogP contribution in [-0.4, -0.2) is 51.5 Å². The molecule has 2 aromatic carbocycles. The molecule has 0 spiro atoms. The van der Waals surface area contributed by atoms with Gasteiger partial charge >= 0.3 is 0 Å². The molecular formula is C22H27N3O4S. The number of sulfonamides is 1. The van der Waals surface area contributed by atoms with Crippen LogP contribution in [0.1, 0.15) is 35.2 Å². The summed E-state index contributed by atoms with van der Waals surface area (Å²) in [4.78, 5) is 15.1. The lowest BCUT2D eigenvalue weighted by Gasteiger charge is -2.17. The second kappa shape index (κ2) is 8.75. The van der Waals surface area contributed by atoms with Gasteiger partial charge in [-0.2, -0.15) is 0 Å². The van der Waals surface area contributed by atoms with Gasteiger partial charge in [0.25, 0.3) is 5.91 Å². The predicted molar refractivity (Wildman–Crippen MR) is 114 cm³/mol. The van der Waals surface area contributed by atoms with Gasteiger partial charge in [-0.15, -0.1) is 0 Å². The fraction of sp³-hybridized carbons (Fsp3) is 0.409. The van der Waals surface area contributed by atoms with E-state index in [4.69, 9.17) is 4.74 Å². The van der Waals surface area contributed by atoms with Crippen molar-refractivity contribution in [1.29, 1.82) is 0 Å². The van der Waals surface area contributed by atoms with Crippen LogP contribution in [0.25, 0.3) is 0 Å². The maximum Gasteiger partial charge on any atom is 0.251 e. The first-order valence-electron chi connectivity index (χ1n) is 10.2. The molecule has 2 fully saturated rings. The number of carbonyl (C=O) groups is 1. The summed E-state index contributed by atoms with van der Waals surface area (Å²) >= 11 is 0. The zero-order valence-electron chi connectivity index (χ0n) is 17.0. The third-order valence-corrected chi connectivity index (χ3v) is 7.01. The lowest BCUT2D eigenvalue weighted by Crippen LogP contribution is -2.37. The molecule has 1 saturated heterocycles. The summed E-state index contributed by atoms with van der Waals surface area (Å²) in [6.07, 6.45) is 2.54. The van der Waals surface area contributed by atoms with Crippen LogP contribution in [0.15, 0.2) is 53.4 Å². The number of methoxy groups -OCH3 is 1. The summed E-state index contributed by atoms with van der Waals surface area (Å²) < 4.78 is 33.2. The van der Waals surface area contributed by atoms with E-state index in [-0.39, 0.29) is 28.6 Å². The Morgan fingerprint density at radius 3 is 2.57 bits per heavy atom. The van der Waals surface area contributed by atoms with E-state index in [1.165, 1.54) is 24.8 Å². The van der Waals surface area contributed by atoms with Gasteiger partial charge in [0.1, 0.15) is 10.6 Å². The third kappa shape index (κ3) is 5.00. The highest BCUT2D eigenvalue weighted by Crippen LogP contribution is 2.28. The van der Waals surface area contributed by atoms with Crippen LogP contribution >= 0.6 is 0 Å². The number of ether oxygens (including phenoxy) is 1. The van der Waals surface area contributed by atoms with Crippen molar-refractivity contribution in [2.75, 3.05) is 20.2 Å². The predicted octanol–water partition coefficient (Wildman–Crippen LogP) is 2.14. The number of nitrogens with zero attached hydrogens (tertiary/aromatic N) is 1. The molecule has 2 aromatic rings. The highest BCUT2D eigenvalue weighted by atomic mass is 32.2. The Kier molecular flexibility index (Phi) is 6.08. The van der Waals surface area contributed by atoms with Crippen LogP contribution in [0, 0.1) is 0 Å². The van der Waals surface area contributed by atoms with Gasteiger partial charge < -0.3 is 10.1 Å². The number of likely N-dealkylation sites (tertiary alicyclic amines) is 1. The Labute approximate surface area is 177 Å². The largest absolute Gasteiger partial charge is 0.495 e. The number of rotatable bonds is 8. The van der Waals surface area contributed by atoms with E-state index in [9.17, 15) is 13.2 Å². The number of carbonyl (C=O) groups excluding carboxylic acids is 1. The van der Waals surface area contributed by atoms with E-state index in [0.29, 0.717) is 5.56 Å². The first-order valence-corrected chi connectivity index (χ1v) is 11.7. The van der Waals surface area contributed by atoms with Gasteiger partial charge in [0.05, 0.1) is 7.11 Å². The minimum atomic E-state index is -3.73. The van der Waals surface area contributed by atoms with Gasteiger partial charge in [-0.3, -0.25) is 9.69 Å². The summed E-state index contributed by atoms with van der Waals surface area (Å²) in [7, 11) is -2.31. The standard InChI is InChI=1S/C22H27N3O4S/c1-29-20-10-7-17(13-21(20)30(27,28)24-18-8-9-18)22(26)23-19-11-12-25(15-19)14-16-5-3-2-4-6-16/h2-7,10,13,18-19,24H,8-9,11-12,14-15H2,1H3,(H,23,26)/t19-/m1/s1. The number of benzene rings is 2. The van der Waals surface area contributed by atoms with E-state index in [1.807, 2.05) is 18.2 Å². The lowest BCUT2D eigenvalue weighted by molar-refractivity contribution is 0.0937. The molecule has 1 aliphatic carbocycles. The monoisotopic (exact) mass is 429 g/mol. The second-order valence-corrected chi connectivity index (χ2v) is 9.62. The molecule has 4 rings (SSSR count). The second-order valence-electron chi connectivity index (χ2n) is 7.94. The van der Waals surface area contributed by atoms with Crippen LogP contribution in [0.5, 0.6) is 5.75 Å². The highest BCUT2D eigenvalue weighted by molar-refractivity contribution is 7.89. The topological polar surface area (TPSA) is 87.7 Å². The van der Waals surface area contributed by atoms with Crippen molar-refractivity contribution < 1.29 is 17.9 Å². The maximum absolute atomic E-state index is 12.8. The van der Waals surface area contributed by atoms with Crippen LogP contribution in [0.3, 0.4) is 0 Å². The molecule has 1 aliphatic heterocycles. The Morgan fingerprint density at radius 2 is 1.87 bits per heavy atom. The smallest absolute Gasteiger partial charge is 0.251 e. The highest BCUT2D eigenvalue weighted by Gasteiger charge is 2.31. The lowest BCUT2D eigenvalue weighted by atomic mass is 10.1. The zero-order chi connectivity index (χ0) is 21.1. The van der Waals surface area contributed by atoms with E-state index in [0.717, 1.165) is 38.9 Å². The minimum Gasteiger partial charge on any atom is -0.495 e. The average molecular weight is 430 g/mol. The Bertz CT molecular complexity index is 1010. The number of hydrogen-bond donors (Lipinski definition) is 2. The van der Waals surface area contributed by atoms with Crippen molar-refractivity contribution in [2.45, 2.75) is 42.8 Å². The molecule has 0 bridgehead atoms. The van der Waals surface area contributed by atoms with Crippen molar-refractivity contribution in [1.82, 2.24) is 14.9 Å². The van der Waals surface area contributed by atoms with E-state index < -0.39 is 10.0 Å². The molecule has 8 heteroatoms. The molecule has 2 N–H and O–H groups in total. The van der Waals surface area contributed by atoms with Crippen LogP contribution < -0.4 is 14.8 Å². The summed E-state index contributed by atoms with van der Waals surface area (Å²) in [5.74, 6) is -0.0401. The van der Waals surface area contributed by atoms with Crippen molar-refractivity contribution in [3.05, 3.63) is 59.7 Å². The van der Waals surface area contributed by atoms with Crippen molar-refractivity contribution in [3.63, 3.8) is 0 Å². The molecular weight excluding hydrogens is 402 g/mol. The molecule has 1 heterocycles. The fourth-order valence-corrected chi connectivity index (χ4v) is 5.22. The van der Waals surface area contributed by atoms with Crippen LogP contribution in [0.2, 0.25) is 0 Å². The van der Waals surface area contributed by atoms with Crippen LogP contribution in [0.4, 0.5) is 0 Å². The molecule has 0 unspecified atom stereocenters. The molecule has 160 valence electrons. The molecule has 1 saturated carbocycles. The molecule has 2 aliphatic rings. The third-order valence-electron chi connectivity index (χ3n) is 5.47. The Morgan fingerprint density at radius 1 is 1.10 bits per heavy atom. The quantitative estimate of drug-likeness (QED) is 0.671. The normalized spacial score (nSPS) is 19.6. The number of nitrogens with one attached hydrogen (secondary N) is 2. The zero-order valence-corrected chi connectivity index (χ0v) is 17.8. The fourth-order valence-electron chi connectivity index (χ4n) is 3.72. The molecule has 1 amide bonds. The molecule has 30 heavy (non-hydrogen) atoms. The SMILES string of the molecule is COc1ccc(C(=O)N[C@@H]2CCN(Cc3ccccc3)C2)cc1S(=O)(=O)NC1CC1. The Hall–Kier alpha value is -2.42. The number of amides is 1. The summed E-state index contributed by atoms with van der Waals surface area (Å²) in [6, 6.07) is 14.8. The van der Waals surface area contributed by atoms with E-state index in [1.54, 1.807) is 6.07 Å². The average Bonchev–Trinajstić information content (AvgIpc) is 3.44. The van der Waals surface area contributed by atoms with Crippen molar-refractivity contribution >= 4 is 15.9 Å². The first kappa shape index (κ1) is 20.8. The summed E-state index contributed by atoms with van der Waals surface area (Å²) in [6.45, 7) is 2.53. The minimum absolute atomic E-state index is 0.00155. The van der Waals surface area contributed by atoms with Gasteiger partial charge in [0.2, 0.25) is 10.0 Å². The maximum atomic E-state index is 12.8. The number of hydrogen-bond acceptors (Lipinski definition) is 5. The van der Waals surface area contributed by atoms with Crippen molar-refractivity contribution in [3.8, 4) is 5.75 Å². The summed E-state index contributed by atoms with van der Waals surface area (Å²) in [5.41, 5.74) is 1.56. The van der Waals surface area contributed by atoms with Crippen molar-refractivity contribution in [2.24, 2.45) is 0 Å². The molecule has 1 atom stereocenters. The first-order chi connectivity index (χ1) is 14.4. The Balaban J connectivity index is 1.41. The van der Waals surface area contributed by atoms with E-state index >= 15 is 0 Å². The molecule has 7 nitrogen and oxygen atoms in total. The molecule has 0 aromatic heterocycles.